The molecule has 1 saturated heterocycles. The van der Waals surface area contributed by atoms with E-state index in [0.717, 1.165) is 25.2 Å². The Morgan fingerprint density at radius 3 is 2.74 bits per heavy atom. The minimum atomic E-state index is -0.346. The van der Waals surface area contributed by atoms with Crippen molar-refractivity contribution < 1.29 is 9.59 Å². The monoisotopic (exact) mass is 368 g/mol. The predicted octanol–water partition coefficient (Wildman–Crippen LogP) is 0.979. The molecule has 1 aromatic heterocycles. The largest absolute Gasteiger partial charge is 0.349 e. The number of hydrogen-bond donors (Lipinski definition) is 2. The maximum Gasteiger partial charge on any atom is 0.274 e. The standard InChI is InChI=1S/C19H24N6O2/c26-18(20-9-12-24-10-5-2-6-11-24)16-17-19(27)21-15(13-25(17)23-22-16)14-7-3-1-4-8-14/h1,3-4,7-8,15H,2,5-6,9-13H2,(H,20,26)(H,21,27)/t15-/m1/s1. The highest BCUT2D eigenvalue weighted by atomic mass is 16.2. The van der Waals surface area contributed by atoms with E-state index in [-0.39, 0.29) is 29.2 Å². The number of nitrogens with one attached hydrogen (secondary N) is 2. The molecule has 0 saturated carbocycles. The van der Waals surface area contributed by atoms with Crippen molar-refractivity contribution in [3.8, 4) is 0 Å². The summed E-state index contributed by atoms with van der Waals surface area (Å²) in [7, 11) is 0. The quantitative estimate of drug-likeness (QED) is 0.821. The first-order chi connectivity index (χ1) is 13.2. The molecule has 2 aliphatic heterocycles. The minimum Gasteiger partial charge on any atom is -0.349 e. The summed E-state index contributed by atoms with van der Waals surface area (Å²) in [6, 6.07) is 9.53. The molecule has 4 rings (SSSR count). The van der Waals surface area contributed by atoms with Crippen LogP contribution in [0.2, 0.25) is 0 Å². The Kier molecular flexibility index (Phi) is 5.15. The minimum absolute atomic E-state index is 0.0951. The lowest BCUT2D eigenvalue weighted by molar-refractivity contribution is 0.0875. The summed E-state index contributed by atoms with van der Waals surface area (Å²) in [6.45, 7) is 3.98. The van der Waals surface area contributed by atoms with E-state index in [2.05, 4.69) is 25.8 Å². The number of piperidine rings is 1. The lowest BCUT2D eigenvalue weighted by atomic mass is 10.0. The third-order valence-electron chi connectivity index (χ3n) is 5.19. The Balaban J connectivity index is 1.40. The third kappa shape index (κ3) is 3.85. The van der Waals surface area contributed by atoms with Crippen LogP contribution in [0, 0.1) is 0 Å². The van der Waals surface area contributed by atoms with Gasteiger partial charge in [0.1, 0.15) is 0 Å². The average Bonchev–Trinajstić information content (AvgIpc) is 3.14. The van der Waals surface area contributed by atoms with Crippen molar-refractivity contribution in [3.05, 3.63) is 47.3 Å². The van der Waals surface area contributed by atoms with E-state index in [1.165, 1.54) is 23.9 Å². The van der Waals surface area contributed by atoms with Gasteiger partial charge in [-0.05, 0) is 31.5 Å². The van der Waals surface area contributed by atoms with Gasteiger partial charge in [0.25, 0.3) is 11.8 Å². The highest BCUT2D eigenvalue weighted by Crippen LogP contribution is 2.21. The average molecular weight is 368 g/mol. The number of likely N-dealkylation sites (tertiary alicyclic amines) is 1. The molecule has 1 fully saturated rings. The molecule has 0 aliphatic carbocycles. The Morgan fingerprint density at radius 2 is 1.96 bits per heavy atom. The van der Waals surface area contributed by atoms with Crippen LogP contribution in [0.3, 0.4) is 0 Å². The topological polar surface area (TPSA) is 92.2 Å². The van der Waals surface area contributed by atoms with Crippen molar-refractivity contribution in [2.45, 2.75) is 31.8 Å². The van der Waals surface area contributed by atoms with E-state index < -0.39 is 0 Å². The van der Waals surface area contributed by atoms with Gasteiger partial charge in [-0.15, -0.1) is 5.10 Å². The number of carbonyl (C=O) groups is 2. The van der Waals surface area contributed by atoms with Crippen LogP contribution >= 0.6 is 0 Å². The molecular formula is C19H24N6O2. The molecule has 2 aliphatic rings. The number of rotatable bonds is 5. The summed E-state index contributed by atoms with van der Waals surface area (Å²) in [5.74, 6) is -0.664. The van der Waals surface area contributed by atoms with Gasteiger partial charge in [0, 0.05) is 13.1 Å². The smallest absolute Gasteiger partial charge is 0.274 e. The summed E-state index contributed by atoms with van der Waals surface area (Å²) in [4.78, 5) is 27.4. The van der Waals surface area contributed by atoms with Crippen molar-refractivity contribution in [1.29, 1.82) is 0 Å². The Labute approximate surface area is 157 Å². The zero-order valence-electron chi connectivity index (χ0n) is 15.2. The van der Waals surface area contributed by atoms with Crippen LogP contribution in [-0.2, 0) is 6.54 Å². The summed E-state index contributed by atoms with van der Waals surface area (Å²) in [5, 5.41) is 13.8. The van der Waals surface area contributed by atoms with Gasteiger partial charge in [-0.3, -0.25) is 9.59 Å². The second-order valence-electron chi connectivity index (χ2n) is 7.06. The first-order valence-electron chi connectivity index (χ1n) is 9.52. The lowest BCUT2D eigenvalue weighted by Gasteiger charge is -2.26. The van der Waals surface area contributed by atoms with Crippen LogP contribution in [0.5, 0.6) is 0 Å². The number of fused-ring (bicyclic) bond motifs is 1. The van der Waals surface area contributed by atoms with Crippen LogP contribution in [0.4, 0.5) is 0 Å². The van der Waals surface area contributed by atoms with Crippen molar-refractivity contribution in [2.75, 3.05) is 26.2 Å². The molecule has 0 unspecified atom stereocenters. The molecule has 8 heteroatoms. The molecule has 0 bridgehead atoms. The first-order valence-corrected chi connectivity index (χ1v) is 9.52. The van der Waals surface area contributed by atoms with Gasteiger partial charge >= 0.3 is 0 Å². The summed E-state index contributed by atoms with van der Waals surface area (Å²) < 4.78 is 1.52. The van der Waals surface area contributed by atoms with Crippen molar-refractivity contribution in [3.63, 3.8) is 0 Å². The Morgan fingerprint density at radius 1 is 1.19 bits per heavy atom. The summed E-state index contributed by atoms with van der Waals surface area (Å²) in [6.07, 6.45) is 3.72. The van der Waals surface area contributed by atoms with E-state index in [9.17, 15) is 9.59 Å². The van der Waals surface area contributed by atoms with Crippen LogP contribution in [-0.4, -0.2) is 57.9 Å². The Hall–Kier alpha value is -2.74. The SMILES string of the molecule is O=C(NCCN1CCCCC1)c1nnn2c1C(=O)N[C@@H](c1ccccc1)C2. The number of nitrogens with zero attached hydrogens (tertiary/aromatic N) is 4. The molecule has 2 aromatic rings. The van der Waals surface area contributed by atoms with Crippen molar-refractivity contribution in [2.24, 2.45) is 0 Å². The lowest BCUT2D eigenvalue weighted by Crippen LogP contribution is -2.41. The molecule has 0 spiro atoms. The number of hydrogen-bond acceptors (Lipinski definition) is 5. The van der Waals surface area contributed by atoms with Gasteiger partial charge < -0.3 is 15.5 Å². The molecular weight excluding hydrogens is 344 g/mol. The number of aromatic nitrogens is 3. The first kappa shape index (κ1) is 17.7. The summed E-state index contributed by atoms with van der Waals surface area (Å²) in [5.41, 5.74) is 1.33. The fourth-order valence-electron chi connectivity index (χ4n) is 3.73. The predicted molar refractivity (Wildman–Crippen MR) is 99.3 cm³/mol. The molecule has 0 radical (unpaired) electrons. The molecule has 8 nitrogen and oxygen atoms in total. The van der Waals surface area contributed by atoms with E-state index in [1.54, 1.807) is 0 Å². The van der Waals surface area contributed by atoms with Gasteiger partial charge in [-0.25, -0.2) is 4.68 Å². The third-order valence-corrected chi connectivity index (χ3v) is 5.19. The van der Waals surface area contributed by atoms with E-state index >= 15 is 0 Å². The fraction of sp³-hybridized carbons (Fsp3) is 0.474. The Bertz CT molecular complexity index is 813. The molecule has 1 aromatic carbocycles. The number of amides is 2. The summed E-state index contributed by atoms with van der Waals surface area (Å²) >= 11 is 0. The molecule has 27 heavy (non-hydrogen) atoms. The fourth-order valence-corrected chi connectivity index (χ4v) is 3.73. The van der Waals surface area contributed by atoms with Gasteiger partial charge in [-0.1, -0.05) is 42.0 Å². The van der Waals surface area contributed by atoms with Gasteiger partial charge in [-0.2, -0.15) is 0 Å². The number of benzene rings is 1. The van der Waals surface area contributed by atoms with Crippen LogP contribution in [0.15, 0.2) is 30.3 Å². The molecule has 142 valence electrons. The van der Waals surface area contributed by atoms with Crippen LogP contribution in [0.25, 0.3) is 0 Å². The highest BCUT2D eigenvalue weighted by Gasteiger charge is 2.32. The molecule has 3 heterocycles. The normalized spacial score (nSPS) is 20.0. The van der Waals surface area contributed by atoms with Gasteiger partial charge in [0.15, 0.2) is 11.4 Å². The van der Waals surface area contributed by atoms with Gasteiger partial charge in [0.05, 0.1) is 12.6 Å². The second-order valence-corrected chi connectivity index (χ2v) is 7.06. The highest BCUT2D eigenvalue weighted by molar-refractivity contribution is 6.05. The second kappa shape index (κ2) is 7.87. The maximum atomic E-state index is 12.6. The van der Waals surface area contributed by atoms with Crippen molar-refractivity contribution >= 4 is 11.8 Å². The van der Waals surface area contributed by atoms with Crippen LogP contribution in [0.1, 0.15) is 51.8 Å². The molecule has 2 amide bonds. The van der Waals surface area contributed by atoms with E-state index in [4.69, 9.17) is 0 Å². The molecule has 1 atom stereocenters. The van der Waals surface area contributed by atoms with Crippen LogP contribution < -0.4 is 10.6 Å². The van der Waals surface area contributed by atoms with Gasteiger partial charge in [0.2, 0.25) is 0 Å². The zero-order chi connectivity index (χ0) is 18.6. The number of carbonyl (C=O) groups excluding carboxylic acids is 2. The maximum absolute atomic E-state index is 12.6. The zero-order valence-corrected chi connectivity index (χ0v) is 15.2. The van der Waals surface area contributed by atoms with Crippen molar-refractivity contribution in [1.82, 2.24) is 30.5 Å². The van der Waals surface area contributed by atoms with E-state index in [0.29, 0.717) is 13.1 Å². The molecule has 2 N–H and O–H groups in total. The van der Waals surface area contributed by atoms with E-state index in [1.807, 2.05) is 30.3 Å².